The molecule has 8 heteroatoms. The Hall–Kier alpha value is -2.48. The molecule has 2 rings (SSSR count). The number of ether oxygens (including phenoxy) is 2. The molecular weight excluding hydrogens is 344 g/mol. The van der Waals surface area contributed by atoms with Crippen molar-refractivity contribution < 1.29 is 23.9 Å². The summed E-state index contributed by atoms with van der Waals surface area (Å²) in [6.45, 7) is 1.36. The van der Waals surface area contributed by atoms with Gasteiger partial charge in [-0.3, -0.25) is 4.79 Å². The average molecular weight is 364 g/mol. The monoisotopic (exact) mass is 364 g/mol. The number of nitrogens with zero attached hydrogens (tertiary/aromatic N) is 1. The zero-order chi connectivity index (χ0) is 18.2. The van der Waals surface area contributed by atoms with E-state index in [-0.39, 0.29) is 11.6 Å². The molecule has 0 aliphatic carbocycles. The third kappa shape index (κ3) is 4.99. The van der Waals surface area contributed by atoms with E-state index in [1.54, 1.807) is 29.2 Å². The fraction of sp³-hybridized carbons (Fsp3) is 0.353. The van der Waals surface area contributed by atoms with Gasteiger partial charge in [0.2, 0.25) is 0 Å². The fourth-order valence-corrected chi connectivity index (χ4v) is 3.20. The van der Waals surface area contributed by atoms with Crippen molar-refractivity contribution in [3.05, 3.63) is 41.6 Å². The van der Waals surface area contributed by atoms with Crippen LogP contribution in [0.1, 0.15) is 10.4 Å². The zero-order valence-corrected chi connectivity index (χ0v) is 14.9. The smallest absolute Gasteiger partial charge is 0.354 e. The summed E-state index contributed by atoms with van der Waals surface area (Å²) in [5.41, 5.74) is 0.740. The van der Waals surface area contributed by atoms with E-state index in [1.807, 2.05) is 11.8 Å². The lowest BCUT2D eigenvalue weighted by molar-refractivity contribution is -0.138. The summed E-state index contributed by atoms with van der Waals surface area (Å²) in [5.74, 6) is 0.242. The molecule has 25 heavy (non-hydrogen) atoms. The van der Waals surface area contributed by atoms with Gasteiger partial charge >= 0.3 is 11.9 Å². The van der Waals surface area contributed by atoms with Crippen molar-refractivity contribution in [2.45, 2.75) is 0 Å². The zero-order valence-electron chi connectivity index (χ0n) is 14.1. The van der Waals surface area contributed by atoms with Crippen LogP contribution in [-0.2, 0) is 19.1 Å². The van der Waals surface area contributed by atoms with Gasteiger partial charge in [-0.15, -0.1) is 0 Å². The minimum Gasteiger partial charge on any atom is -0.466 e. The van der Waals surface area contributed by atoms with Crippen LogP contribution in [0.3, 0.4) is 0 Å². The van der Waals surface area contributed by atoms with Gasteiger partial charge in [-0.1, -0.05) is 12.1 Å². The van der Waals surface area contributed by atoms with Gasteiger partial charge in [-0.05, 0) is 12.1 Å². The first-order valence-corrected chi connectivity index (χ1v) is 8.83. The highest BCUT2D eigenvalue weighted by molar-refractivity contribution is 7.99. The Morgan fingerprint density at radius 3 is 2.44 bits per heavy atom. The predicted molar refractivity (Wildman–Crippen MR) is 95.4 cm³/mol. The van der Waals surface area contributed by atoms with Gasteiger partial charge in [-0.25, -0.2) is 9.59 Å². The number of amides is 1. The first kappa shape index (κ1) is 18.9. The molecule has 0 saturated carbocycles. The van der Waals surface area contributed by atoms with E-state index in [0.29, 0.717) is 24.3 Å². The van der Waals surface area contributed by atoms with Crippen molar-refractivity contribution in [3.8, 4) is 0 Å². The number of anilines is 1. The summed E-state index contributed by atoms with van der Waals surface area (Å²) in [6, 6.07) is 6.83. The van der Waals surface area contributed by atoms with E-state index in [0.717, 1.165) is 17.6 Å². The number of carbonyl (C=O) groups is 3. The largest absolute Gasteiger partial charge is 0.466 e. The number of hydrogen-bond donors (Lipinski definition) is 1. The summed E-state index contributed by atoms with van der Waals surface area (Å²) in [4.78, 5) is 37.9. The van der Waals surface area contributed by atoms with Crippen molar-refractivity contribution in [3.63, 3.8) is 0 Å². The number of rotatable bonds is 5. The third-order valence-corrected chi connectivity index (χ3v) is 4.54. The quantitative estimate of drug-likeness (QED) is 0.626. The van der Waals surface area contributed by atoms with E-state index in [2.05, 4.69) is 14.8 Å². The van der Waals surface area contributed by atoms with Gasteiger partial charge in [0.25, 0.3) is 5.91 Å². The Balaban J connectivity index is 2.29. The summed E-state index contributed by atoms with van der Waals surface area (Å²) >= 11 is 1.81. The van der Waals surface area contributed by atoms with E-state index in [9.17, 15) is 14.4 Å². The van der Waals surface area contributed by atoms with Crippen LogP contribution < -0.4 is 5.32 Å². The molecule has 134 valence electrons. The molecule has 0 aromatic heterocycles. The first-order chi connectivity index (χ1) is 12.1. The Labute approximate surface area is 150 Å². The second kappa shape index (κ2) is 9.12. The maximum atomic E-state index is 12.8. The van der Waals surface area contributed by atoms with Crippen LogP contribution in [0.15, 0.2) is 36.0 Å². The van der Waals surface area contributed by atoms with Crippen LogP contribution in [0.4, 0.5) is 5.69 Å². The number of nitrogens with one attached hydrogen (secondary N) is 1. The Bertz CT molecular complexity index is 683. The lowest BCUT2D eigenvalue weighted by atomic mass is 10.1. The molecular formula is C17H20N2O5S. The van der Waals surface area contributed by atoms with Crippen molar-refractivity contribution in [2.75, 3.05) is 44.1 Å². The molecule has 0 atom stereocenters. The fourth-order valence-electron chi connectivity index (χ4n) is 2.29. The van der Waals surface area contributed by atoms with Crippen LogP contribution >= 0.6 is 11.8 Å². The number of hydrogen-bond acceptors (Lipinski definition) is 7. The molecule has 1 fully saturated rings. The molecule has 1 aliphatic heterocycles. The minimum absolute atomic E-state index is 0.108. The topological polar surface area (TPSA) is 84.9 Å². The van der Waals surface area contributed by atoms with Gasteiger partial charge in [0.1, 0.15) is 5.70 Å². The van der Waals surface area contributed by atoms with E-state index in [1.165, 1.54) is 14.2 Å². The summed E-state index contributed by atoms with van der Waals surface area (Å²) in [5, 5.41) is 2.82. The number of esters is 2. The Kier molecular flexibility index (Phi) is 6.88. The Morgan fingerprint density at radius 2 is 1.80 bits per heavy atom. The van der Waals surface area contributed by atoms with Crippen molar-refractivity contribution in [1.82, 2.24) is 4.90 Å². The van der Waals surface area contributed by atoms with Gasteiger partial charge < -0.3 is 19.7 Å². The van der Waals surface area contributed by atoms with Gasteiger partial charge in [-0.2, -0.15) is 11.8 Å². The molecule has 0 unspecified atom stereocenters. The first-order valence-electron chi connectivity index (χ1n) is 7.68. The Morgan fingerprint density at radius 1 is 1.12 bits per heavy atom. The number of para-hydroxylation sites is 1. The minimum atomic E-state index is -0.734. The van der Waals surface area contributed by atoms with Crippen LogP contribution in [0.5, 0.6) is 0 Å². The van der Waals surface area contributed by atoms with Crippen molar-refractivity contribution in [1.29, 1.82) is 0 Å². The maximum Gasteiger partial charge on any atom is 0.354 e. The molecule has 1 aromatic rings. The van der Waals surface area contributed by atoms with E-state index >= 15 is 0 Å². The SMILES string of the molecule is COC(=O)/C=C(/Nc1ccccc1C(=O)N1CCSCC1)C(=O)OC. The highest BCUT2D eigenvalue weighted by Gasteiger charge is 2.22. The van der Waals surface area contributed by atoms with E-state index in [4.69, 9.17) is 0 Å². The predicted octanol–water partition coefficient (Wildman–Crippen LogP) is 1.52. The third-order valence-electron chi connectivity index (χ3n) is 3.59. The van der Waals surface area contributed by atoms with Crippen LogP contribution in [0, 0.1) is 0 Å². The molecule has 0 spiro atoms. The highest BCUT2D eigenvalue weighted by Crippen LogP contribution is 2.21. The number of benzene rings is 1. The molecule has 7 nitrogen and oxygen atoms in total. The number of thioether (sulfide) groups is 1. The number of carbonyl (C=O) groups excluding carboxylic acids is 3. The summed E-state index contributed by atoms with van der Waals surface area (Å²) in [7, 11) is 2.41. The summed E-state index contributed by atoms with van der Waals surface area (Å²) < 4.78 is 9.22. The molecule has 1 saturated heterocycles. The second-order valence-electron chi connectivity index (χ2n) is 5.15. The highest BCUT2D eigenvalue weighted by atomic mass is 32.2. The number of methoxy groups -OCH3 is 2. The average Bonchev–Trinajstić information content (AvgIpc) is 2.67. The second-order valence-corrected chi connectivity index (χ2v) is 6.37. The van der Waals surface area contributed by atoms with Crippen LogP contribution in [0.25, 0.3) is 0 Å². The molecule has 1 aromatic carbocycles. The van der Waals surface area contributed by atoms with Gasteiger partial charge in [0.05, 0.1) is 31.5 Å². The van der Waals surface area contributed by atoms with Crippen molar-refractivity contribution >= 4 is 35.3 Å². The van der Waals surface area contributed by atoms with Crippen LogP contribution in [-0.4, -0.2) is 61.6 Å². The lowest BCUT2D eigenvalue weighted by Crippen LogP contribution is -2.38. The van der Waals surface area contributed by atoms with Crippen molar-refractivity contribution in [2.24, 2.45) is 0 Å². The summed E-state index contributed by atoms with van der Waals surface area (Å²) in [6.07, 6.45) is 0.991. The van der Waals surface area contributed by atoms with Crippen LogP contribution in [0.2, 0.25) is 0 Å². The molecule has 1 amide bonds. The lowest BCUT2D eigenvalue weighted by Gasteiger charge is -2.27. The van der Waals surface area contributed by atoms with E-state index < -0.39 is 11.9 Å². The molecule has 1 heterocycles. The van der Waals surface area contributed by atoms with Gasteiger partial charge in [0.15, 0.2) is 0 Å². The molecule has 0 radical (unpaired) electrons. The molecule has 1 N–H and O–H groups in total. The molecule has 1 aliphatic rings. The maximum absolute atomic E-state index is 12.8. The standard InChI is InChI=1S/C17H20N2O5S/c1-23-15(20)11-14(17(22)24-2)18-13-6-4-3-5-12(13)16(21)19-7-9-25-10-8-19/h3-6,11,18H,7-10H2,1-2H3/b14-11+. The molecule has 0 bridgehead atoms. The normalized spacial score (nSPS) is 14.6. The van der Waals surface area contributed by atoms with Gasteiger partial charge in [0, 0.05) is 24.6 Å².